The van der Waals surface area contributed by atoms with E-state index in [1.54, 1.807) is 0 Å². The molecule has 1 aliphatic rings. The van der Waals surface area contributed by atoms with Gasteiger partial charge in [-0.3, -0.25) is 4.90 Å². The van der Waals surface area contributed by atoms with Crippen molar-refractivity contribution in [2.24, 2.45) is 0 Å². The molecular formula is C15H22Cl2F2N2. The van der Waals surface area contributed by atoms with Crippen LogP contribution in [-0.2, 0) is 0 Å². The van der Waals surface area contributed by atoms with Crippen molar-refractivity contribution in [2.75, 3.05) is 26.2 Å². The first kappa shape index (κ1) is 18.6. The number of halogens is 4. The lowest BCUT2D eigenvalue weighted by Gasteiger charge is -2.36. The fourth-order valence-corrected chi connectivity index (χ4v) is 3.03. The third kappa shape index (κ3) is 4.52. The van der Waals surface area contributed by atoms with E-state index < -0.39 is 11.6 Å². The Bertz CT molecular complexity index is 452. The van der Waals surface area contributed by atoms with Crippen LogP contribution in [-0.4, -0.2) is 31.1 Å². The Morgan fingerprint density at radius 3 is 2.48 bits per heavy atom. The molecule has 0 saturated carbocycles. The summed E-state index contributed by atoms with van der Waals surface area (Å²) in [4.78, 5) is 2.20. The first-order valence-electron chi connectivity index (χ1n) is 7.23. The van der Waals surface area contributed by atoms with Crippen LogP contribution in [0.1, 0.15) is 37.8 Å². The zero-order valence-electron chi connectivity index (χ0n) is 12.2. The van der Waals surface area contributed by atoms with Gasteiger partial charge in [0, 0.05) is 37.8 Å². The lowest BCUT2D eigenvalue weighted by atomic mass is 9.98. The fraction of sp³-hybridized carbons (Fsp3) is 0.600. The zero-order valence-corrected chi connectivity index (χ0v) is 13.7. The molecule has 1 N–H and O–H groups in total. The van der Waals surface area contributed by atoms with Crippen molar-refractivity contribution < 1.29 is 8.78 Å². The molecule has 0 bridgehead atoms. The number of rotatable bonds is 5. The van der Waals surface area contributed by atoms with Crippen molar-refractivity contribution in [1.29, 1.82) is 0 Å². The molecule has 0 aromatic heterocycles. The maximum atomic E-state index is 14.2. The van der Waals surface area contributed by atoms with Crippen molar-refractivity contribution in [3.8, 4) is 0 Å². The summed E-state index contributed by atoms with van der Waals surface area (Å²) in [5.74, 6) is -0.948. The molecule has 1 heterocycles. The number of unbranched alkanes of at least 4 members (excludes halogenated alkanes) is 1. The molecule has 0 aliphatic carbocycles. The molecule has 2 rings (SSSR count). The number of hydrogen-bond donors (Lipinski definition) is 1. The minimum absolute atomic E-state index is 0. The first-order chi connectivity index (χ1) is 9.65. The molecule has 0 amide bonds. The summed E-state index contributed by atoms with van der Waals surface area (Å²) in [6, 6.07) is 2.13. The molecule has 1 aromatic rings. The summed E-state index contributed by atoms with van der Waals surface area (Å²) in [6.45, 7) is 5.51. The van der Waals surface area contributed by atoms with Crippen LogP contribution < -0.4 is 5.32 Å². The molecule has 0 spiro atoms. The SMILES string of the molecule is CCCC[C@@H](c1c(F)ccc(F)c1Cl)N1CCNCC1.Cl. The van der Waals surface area contributed by atoms with Gasteiger partial charge in [0.25, 0.3) is 0 Å². The highest BCUT2D eigenvalue weighted by atomic mass is 35.5. The molecule has 6 heteroatoms. The molecule has 0 radical (unpaired) electrons. The summed E-state index contributed by atoms with van der Waals surface area (Å²) in [6.07, 6.45) is 2.80. The molecule has 21 heavy (non-hydrogen) atoms. The second-order valence-corrected chi connectivity index (χ2v) is 5.58. The average Bonchev–Trinajstić information content (AvgIpc) is 2.47. The van der Waals surface area contributed by atoms with E-state index in [4.69, 9.17) is 11.6 Å². The van der Waals surface area contributed by atoms with Crippen LogP contribution in [0.5, 0.6) is 0 Å². The van der Waals surface area contributed by atoms with E-state index in [0.29, 0.717) is 5.56 Å². The van der Waals surface area contributed by atoms with Gasteiger partial charge >= 0.3 is 0 Å². The molecule has 1 fully saturated rings. The predicted octanol–water partition coefficient (Wildman–Crippen LogP) is 4.18. The quantitative estimate of drug-likeness (QED) is 0.810. The van der Waals surface area contributed by atoms with Crippen molar-refractivity contribution >= 4 is 24.0 Å². The third-order valence-electron chi connectivity index (χ3n) is 3.84. The van der Waals surface area contributed by atoms with Crippen molar-refractivity contribution in [2.45, 2.75) is 32.2 Å². The third-order valence-corrected chi connectivity index (χ3v) is 4.22. The summed E-state index contributed by atoms with van der Waals surface area (Å²) >= 11 is 6.03. The maximum absolute atomic E-state index is 14.2. The van der Waals surface area contributed by atoms with Crippen LogP contribution in [0, 0.1) is 11.6 Å². The Hall–Kier alpha value is -0.420. The number of piperazine rings is 1. The van der Waals surface area contributed by atoms with Gasteiger partial charge in [-0.15, -0.1) is 12.4 Å². The molecular weight excluding hydrogens is 317 g/mol. The fourth-order valence-electron chi connectivity index (χ4n) is 2.75. The first-order valence-corrected chi connectivity index (χ1v) is 7.61. The minimum Gasteiger partial charge on any atom is -0.314 e. The summed E-state index contributed by atoms with van der Waals surface area (Å²) < 4.78 is 27.8. The largest absolute Gasteiger partial charge is 0.314 e. The lowest BCUT2D eigenvalue weighted by molar-refractivity contribution is 0.160. The van der Waals surface area contributed by atoms with Gasteiger partial charge in [0.15, 0.2) is 0 Å². The van der Waals surface area contributed by atoms with Gasteiger partial charge < -0.3 is 5.32 Å². The second-order valence-electron chi connectivity index (χ2n) is 5.20. The monoisotopic (exact) mass is 338 g/mol. The topological polar surface area (TPSA) is 15.3 Å². The molecule has 1 saturated heterocycles. The van der Waals surface area contributed by atoms with Crippen molar-refractivity contribution in [3.05, 3.63) is 34.4 Å². The molecule has 0 unspecified atom stereocenters. The maximum Gasteiger partial charge on any atom is 0.142 e. The molecule has 120 valence electrons. The predicted molar refractivity (Wildman–Crippen MR) is 85.3 cm³/mol. The van der Waals surface area contributed by atoms with Gasteiger partial charge in [-0.05, 0) is 18.6 Å². The Labute approximate surface area is 136 Å². The van der Waals surface area contributed by atoms with Gasteiger partial charge in [0.2, 0.25) is 0 Å². The number of nitrogens with one attached hydrogen (secondary N) is 1. The number of nitrogens with zero attached hydrogens (tertiary/aromatic N) is 1. The van der Waals surface area contributed by atoms with Crippen LogP contribution in [0.2, 0.25) is 5.02 Å². The van der Waals surface area contributed by atoms with Gasteiger partial charge in [-0.25, -0.2) is 8.78 Å². The van der Waals surface area contributed by atoms with Crippen LogP contribution >= 0.6 is 24.0 Å². The summed E-state index contributed by atoms with van der Waals surface area (Å²) in [5, 5.41) is 3.21. The van der Waals surface area contributed by atoms with Gasteiger partial charge in [-0.1, -0.05) is 31.4 Å². The molecule has 1 aliphatic heterocycles. The van der Waals surface area contributed by atoms with E-state index in [9.17, 15) is 8.78 Å². The summed E-state index contributed by atoms with van der Waals surface area (Å²) in [7, 11) is 0. The van der Waals surface area contributed by atoms with Crippen LogP contribution in [0.4, 0.5) is 8.78 Å². The number of benzene rings is 1. The van der Waals surface area contributed by atoms with Gasteiger partial charge in [-0.2, -0.15) is 0 Å². The standard InChI is InChI=1S/C15H21ClF2N2.ClH/c1-2-3-4-13(20-9-7-19-8-10-20)14-11(17)5-6-12(18)15(14)16;/h5-6,13,19H,2-4,7-10H2,1H3;1H/t13-;/m0./s1. The van der Waals surface area contributed by atoms with E-state index in [1.165, 1.54) is 6.07 Å². The Morgan fingerprint density at radius 1 is 1.24 bits per heavy atom. The van der Waals surface area contributed by atoms with Crippen LogP contribution in [0.15, 0.2) is 12.1 Å². The van der Waals surface area contributed by atoms with E-state index in [1.807, 2.05) is 0 Å². The van der Waals surface area contributed by atoms with Crippen LogP contribution in [0.25, 0.3) is 0 Å². The van der Waals surface area contributed by atoms with Gasteiger partial charge in [0.05, 0.1) is 5.02 Å². The van der Waals surface area contributed by atoms with Crippen LogP contribution in [0.3, 0.4) is 0 Å². The highest BCUT2D eigenvalue weighted by Gasteiger charge is 2.27. The van der Waals surface area contributed by atoms with Crippen molar-refractivity contribution in [1.82, 2.24) is 10.2 Å². The lowest BCUT2D eigenvalue weighted by Crippen LogP contribution is -2.45. The Kier molecular flexibility index (Phi) is 7.88. The average molecular weight is 339 g/mol. The molecule has 2 nitrogen and oxygen atoms in total. The van der Waals surface area contributed by atoms with E-state index >= 15 is 0 Å². The Morgan fingerprint density at radius 2 is 1.86 bits per heavy atom. The highest BCUT2D eigenvalue weighted by molar-refractivity contribution is 6.31. The highest BCUT2D eigenvalue weighted by Crippen LogP contribution is 2.35. The van der Waals surface area contributed by atoms with Gasteiger partial charge in [0.1, 0.15) is 11.6 Å². The van der Waals surface area contributed by atoms with Crippen molar-refractivity contribution in [3.63, 3.8) is 0 Å². The smallest absolute Gasteiger partial charge is 0.142 e. The van der Waals surface area contributed by atoms with E-state index in [0.717, 1.165) is 51.5 Å². The van der Waals surface area contributed by atoms with E-state index in [2.05, 4.69) is 17.1 Å². The molecule has 1 aromatic carbocycles. The van der Waals surface area contributed by atoms with E-state index in [-0.39, 0.29) is 23.5 Å². The summed E-state index contributed by atoms with van der Waals surface area (Å²) in [5.41, 5.74) is 0.321. The molecule has 1 atom stereocenters. The Balaban J connectivity index is 0.00000220. The normalized spacial score (nSPS) is 17.3. The minimum atomic E-state index is -0.542. The second kappa shape index (κ2) is 8.89. The number of hydrogen-bond acceptors (Lipinski definition) is 2. The zero-order chi connectivity index (χ0) is 14.5.